The summed E-state index contributed by atoms with van der Waals surface area (Å²) < 4.78 is 18.6. The highest BCUT2D eigenvalue weighted by Crippen LogP contribution is 2.17. The van der Waals surface area contributed by atoms with E-state index in [0.29, 0.717) is 12.3 Å². The highest BCUT2D eigenvalue weighted by atomic mass is 32.1. The van der Waals surface area contributed by atoms with Gasteiger partial charge in [0.1, 0.15) is 11.6 Å². The van der Waals surface area contributed by atoms with E-state index in [1.807, 2.05) is 18.4 Å². The summed E-state index contributed by atoms with van der Waals surface area (Å²) in [5, 5.41) is 4.67. The number of aryl methyl sites for hydroxylation is 1. The number of halogens is 1. The Balaban J connectivity index is 2.06. The summed E-state index contributed by atoms with van der Waals surface area (Å²) in [6.45, 7) is 2.39. The van der Waals surface area contributed by atoms with E-state index in [1.54, 1.807) is 17.4 Å². The summed E-state index contributed by atoms with van der Waals surface area (Å²) in [6.07, 6.45) is 0. The fourth-order valence-corrected chi connectivity index (χ4v) is 2.49. The zero-order valence-electron chi connectivity index (χ0n) is 10.7. The molecule has 1 aromatic carbocycles. The smallest absolute Gasteiger partial charge is 0.254 e. The van der Waals surface area contributed by atoms with Crippen molar-refractivity contribution in [1.82, 2.24) is 5.32 Å². The number of methoxy groups -OCH3 is 1. The first-order valence-corrected chi connectivity index (χ1v) is 6.64. The number of carbonyl (C=O) groups excluding carboxylic acids is 1. The van der Waals surface area contributed by atoms with Crippen molar-refractivity contribution in [2.75, 3.05) is 7.11 Å². The van der Waals surface area contributed by atoms with Crippen LogP contribution in [-0.4, -0.2) is 13.0 Å². The Hall–Kier alpha value is -1.88. The molecule has 1 N–H and O–H groups in total. The van der Waals surface area contributed by atoms with Gasteiger partial charge in [0, 0.05) is 10.9 Å². The fraction of sp³-hybridized carbons (Fsp3) is 0.214. The molecule has 0 saturated carbocycles. The standard InChI is InChI=1S/C14H14FNO2S/c1-9-5-6-19-13(9)8-16-14(17)11-4-3-10(18-2)7-12(11)15/h3-7H,8H2,1-2H3,(H,16,17). The lowest BCUT2D eigenvalue weighted by molar-refractivity contribution is 0.0947. The second kappa shape index (κ2) is 5.84. The van der Waals surface area contributed by atoms with Crippen molar-refractivity contribution >= 4 is 17.2 Å². The minimum atomic E-state index is -0.584. The molecular weight excluding hydrogens is 265 g/mol. The number of ether oxygens (including phenoxy) is 1. The van der Waals surface area contributed by atoms with Gasteiger partial charge < -0.3 is 10.1 Å². The van der Waals surface area contributed by atoms with E-state index in [1.165, 1.54) is 19.2 Å². The van der Waals surface area contributed by atoms with Gasteiger partial charge in [-0.05, 0) is 36.1 Å². The van der Waals surface area contributed by atoms with Crippen molar-refractivity contribution < 1.29 is 13.9 Å². The first-order chi connectivity index (χ1) is 9.11. The Kier molecular flexibility index (Phi) is 4.16. The minimum absolute atomic E-state index is 0.0232. The molecule has 1 heterocycles. The van der Waals surface area contributed by atoms with Crippen molar-refractivity contribution in [3.63, 3.8) is 0 Å². The molecule has 0 bridgehead atoms. The van der Waals surface area contributed by atoms with E-state index in [4.69, 9.17) is 4.74 Å². The van der Waals surface area contributed by atoms with E-state index in [-0.39, 0.29) is 5.56 Å². The van der Waals surface area contributed by atoms with Crippen LogP contribution in [0.2, 0.25) is 0 Å². The average Bonchev–Trinajstić information content (AvgIpc) is 2.81. The summed E-state index contributed by atoms with van der Waals surface area (Å²) in [4.78, 5) is 13.0. The van der Waals surface area contributed by atoms with Crippen molar-refractivity contribution in [1.29, 1.82) is 0 Å². The third-order valence-electron chi connectivity index (χ3n) is 2.80. The molecule has 100 valence electrons. The van der Waals surface area contributed by atoms with Crippen LogP contribution in [0.15, 0.2) is 29.6 Å². The van der Waals surface area contributed by atoms with Crippen LogP contribution in [0.4, 0.5) is 4.39 Å². The largest absolute Gasteiger partial charge is 0.497 e. The SMILES string of the molecule is COc1ccc(C(=O)NCc2sccc2C)c(F)c1. The number of thiophene rings is 1. The number of benzene rings is 1. The van der Waals surface area contributed by atoms with Gasteiger partial charge in [-0.3, -0.25) is 4.79 Å². The number of nitrogens with one attached hydrogen (secondary N) is 1. The average molecular weight is 279 g/mol. The normalized spacial score (nSPS) is 10.3. The predicted octanol–water partition coefficient (Wildman–Crippen LogP) is 3.13. The quantitative estimate of drug-likeness (QED) is 0.933. The predicted molar refractivity (Wildman–Crippen MR) is 73.2 cm³/mol. The number of hydrogen-bond acceptors (Lipinski definition) is 3. The Labute approximate surface area is 115 Å². The molecule has 0 spiro atoms. The van der Waals surface area contributed by atoms with Gasteiger partial charge in [0.05, 0.1) is 19.2 Å². The maximum atomic E-state index is 13.7. The highest BCUT2D eigenvalue weighted by Gasteiger charge is 2.12. The van der Waals surface area contributed by atoms with E-state index in [2.05, 4.69) is 5.32 Å². The molecule has 1 aromatic heterocycles. The molecule has 2 aromatic rings. The minimum Gasteiger partial charge on any atom is -0.497 e. The molecule has 5 heteroatoms. The van der Waals surface area contributed by atoms with Gasteiger partial charge in [0.15, 0.2) is 0 Å². The van der Waals surface area contributed by atoms with Gasteiger partial charge in [-0.2, -0.15) is 0 Å². The lowest BCUT2D eigenvalue weighted by Crippen LogP contribution is -2.23. The zero-order valence-corrected chi connectivity index (χ0v) is 11.5. The number of amides is 1. The lowest BCUT2D eigenvalue weighted by atomic mass is 10.2. The van der Waals surface area contributed by atoms with E-state index in [0.717, 1.165) is 10.4 Å². The second-order valence-electron chi connectivity index (χ2n) is 4.06. The molecule has 3 nitrogen and oxygen atoms in total. The third-order valence-corrected chi connectivity index (χ3v) is 3.82. The molecule has 1 amide bonds. The maximum absolute atomic E-state index is 13.7. The summed E-state index contributed by atoms with van der Waals surface area (Å²) in [6, 6.07) is 6.17. The van der Waals surface area contributed by atoms with E-state index in [9.17, 15) is 9.18 Å². The van der Waals surface area contributed by atoms with Crippen LogP contribution in [-0.2, 0) is 6.54 Å². The van der Waals surface area contributed by atoms with Gasteiger partial charge in [-0.15, -0.1) is 11.3 Å². The van der Waals surface area contributed by atoms with Crippen LogP contribution < -0.4 is 10.1 Å². The Morgan fingerprint density at radius 1 is 1.42 bits per heavy atom. The number of rotatable bonds is 4. The van der Waals surface area contributed by atoms with Crippen LogP contribution in [0.5, 0.6) is 5.75 Å². The monoisotopic (exact) mass is 279 g/mol. The molecule has 0 aliphatic heterocycles. The molecule has 0 atom stereocenters. The van der Waals surface area contributed by atoms with Crippen LogP contribution in [0.1, 0.15) is 20.8 Å². The molecule has 0 saturated heterocycles. The second-order valence-corrected chi connectivity index (χ2v) is 5.06. The summed E-state index contributed by atoms with van der Waals surface area (Å²) >= 11 is 1.57. The fourth-order valence-electron chi connectivity index (χ4n) is 1.65. The molecule has 19 heavy (non-hydrogen) atoms. The van der Waals surface area contributed by atoms with E-state index < -0.39 is 11.7 Å². The van der Waals surface area contributed by atoms with Gasteiger partial charge in [-0.25, -0.2) is 4.39 Å². The van der Waals surface area contributed by atoms with Crippen LogP contribution >= 0.6 is 11.3 Å². The van der Waals surface area contributed by atoms with Crippen LogP contribution in [0.25, 0.3) is 0 Å². The molecule has 2 rings (SSSR count). The van der Waals surface area contributed by atoms with Crippen molar-refractivity contribution in [3.05, 3.63) is 51.5 Å². The molecule has 0 aliphatic carbocycles. The topological polar surface area (TPSA) is 38.3 Å². The molecule has 0 radical (unpaired) electrons. The zero-order chi connectivity index (χ0) is 13.8. The molecule has 0 fully saturated rings. The summed E-state index contributed by atoms with van der Waals surface area (Å²) in [7, 11) is 1.45. The van der Waals surface area contributed by atoms with Crippen molar-refractivity contribution in [2.24, 2.45) is 0 Å². The van der Waals surface area contributed by atoms with Gasteiger partial charge in [-0.1, -0.05) is 0 Å². The summed E-state index contributed by atoms with van der Waals surface area (Å²) in [5.74, 6) is -0.615. The molecule has 0 aliphatic rings. The van der Waals surface area contributed by atoms with Gasteiger partial charge in [0.25, 0.3) is 5.91 Å². The first kappa shape index (κ1) is 13.5. The molecule has 0 unspecified atom stereocenters. The lowest BCUT2D eigenvalue weighted by Gasteiger charge is -2.07. The van der Waals surface area contributed by atoms with Crippen molar-refractivity contribution in [3.8, 4) is 5.75 Å². The number of hydrogen-bond donors (Lipinski definition) is 1. The van der Waals surface area contributed by atoms with Crippen LogP contribution in [0.3, 0.4) is 0 Å². The van der Waals surface area contributed by atoms with Crippen LogP contribution in [0, 0.1) is 12.7 Å². The summed E-state index contributed by atoms with van der Waals surface area (Å²) in [5.41, 5.74) is 1.15. The first-order valence-electron chi connectivity index (χ1n) is 5.76. The molecular formula is C14H14FNO2S. The van der Waals surface area contributed by atoms with Crippen molar-refractivity contribution in [2.45, 2.75) is 13.5 Å². The van der Waals surface area contributed by atoms with Gasteiger partial charge in [0.2, 0.25) is 0 Å². The Morgan fingerprint density at radius 2 is 2.21 bits per heavy atom. The van der Waals surface area contributed by atoms with Gasteiger partial charge >= 0.3 is 0 Å². The van der Waals surface area contributed by atoms with E-state index >= 15 is 0 Å². The Morgan fingerprint density at radius 3 is 2.79 bits per heavy atom. The third kappa shape index (κ3) is 3.12. The highest BCUT2D eigenvalue weighted by molar-refractivity contribution is 7.10. The Bertz CT molecular complexity index is 595. The number of carbonyl (C=O) groups is 1. The maximum Gasteiger partial charge on any atom is 0.254 e.